The van der Waals surface area contributed by atoms with E-state index in [-0.39, 0.29) is 0 Å². The number of hydrogen-bond acceptors (Lipinski definition) is 6. The van der Waals surface area contributed by atoms with E-state index >= 15 is 0 Å². The van der Waals surface area contributed by atoms with E-state index in [1.807, 2.05) is 6.07 Å². The van der Waals surface area contributed by atoms with Crippen molar-refractivity contribution in [2.75, 3.05) is 30.6 Å². The van der Waals surface area contributed by atoms with Gasteiger partial charge in [0.05, 0.1) is 6.61 Å². The van der Waals surface area contributed by atoms with Crippen molar-refractivity contribution in [1.82, 2.24) is 9.97 Å². The summed E-state index contributed by atoms with van der Waals surface area (Å²) in [6.45, 7) is 3.76. The molecule has 1 atom stereocenters. The van der Waals surface area contributed by atoms with Gasteiger partial charge in [-0.3, -0.25) is 0 Å². The number of rotatable bonds is 7. The molecule has 1 aliphatic carbocycles. The third kappa shape index (κ3) is 3.08. The zero-order valence-electron chi connectivity index (χ0n) is 11.0. The average Bonchev–Trinajstić information content (AvgIpc) is 3.23. The average molecular weight is 251 g/mol. The van der Waals surface area contributed by atoms with Gasteiger partial charge in [0.15, 0.2) is 0 Å². The Bertz CT molecular complexity index is 382. The van der Waals surface area contributed by atoms with Crippen LogP contribution >= 0.6 is 0 Å². The second-order valence-electron chi connectivity index (χ2n) is 4.67. The summed E-state index contributed by atoms with van der Waals surface area (Å²) >= 11 is 0. The second-order valence-corrected chi connectivity index (χ2v) is 4.67. The topological polar surface area (TPSA) is 76.3 Å². The summed E-state index contributed by atoms with van der Waals surface area (Å²) in [7, 11) is 1.72. The standard InChI is InChI=1S/C12H21N5O/c1-9(10-3-4-10)17(5-6-18-2)12-7-11(16-13)14-8-15-12/h7-10H,3-6,13H2,1-2H3,(H,14,15,16). The lowest BCUT2D eigenvalue weighted by Gasteiger charge is -2.30. The number of nitrogens with zero attached hydrogens (tertiary/aromatic N) is 3. The van der Waals surface area contributed by atoms with E-state index < -0.39 is 0 Å². The molecule has 0 radical (unpaired) electrons. The molecule has 0 aromatic carbocycles. The second kappa shape index (κ2) is 5.97. The van der Waals surface area contributed by atoms with Crippen LogP contribution in [0.1, 0.15) is 19.8 Å². The maximum absolute atomic E-state index is 5.38. The summed E-state index contributed by atoms with van der Waals surface area (Å²) in [5.41, 5.74) is 2.55. The van der Waals surface area contributed by atoms with Crippen molar-refractivity contribution in [3.63, 3.8) is 0 Å². The van der Waals surface area contributed by atoms with Crippen molar-refractivity contribution in [3.05, 3.63) is 12.4 Å². The van der Waals surface area contributed by atoms with Gasteiger partial charge < -0.3 is 15.1 Å². The molecule has 100 valence electrons. The van der Waals surface area contributed by atoms with Gasteiger partial charge in [-0.15, -0.1) is 0 Å². The molecule has 1 saturated carbocycles. The molecular formula is C12H21N5O. The van der Waals surface area contributed by atoms with E-state index in [1.165, 1.54) is 19.2 Å². The first-order chi connectivity index (χ1) is 8.76. The van der Waals surface area contributed by atoms with E-state index in [1.54, 1.807) is 7.11 Å². The number of anilines is 2. The molecule has 18 heavy (non-hydrogen) atoms. The van der Waals surface area contributed by atoms with Gasteiger partial charge in [0.2, 0.25) is 0 Å². The molecule has 1 unspecified atom stereocenters. The van der Waals surface area contributed by atoms with Crippen LogP contribution in [0.4, 0.5) is 11.6 Å². The maximum atomic E-state index is 5.38. The lowest BCUT2D eigenvalue weighted by Crippen LogP contribution is -2.38. The van der Waals surface area contributed by atoms with Crippen LogP contribution in [0.15, 0.2) is 12.4 Å². The SMILES string of the molecule is COCCN(c1cc(NN)ncn1)C(C)C1CC1. The monoisotopic (exact) mass is 251 g/mol. The third-order valence-corrected chi connectivity index (χ3v) is 3.43. The Morgan fingerprint density at radius 3 is 2.94 bits per heavy atom. The fourth-order valence-electron chi connectivity index (χ4n) is 2.13. The van der Waals surface area contributed by atoms with Crippen molar-refractivity contribution < 1.29 is 4.74 Å². The molecule has 1 heterocycles. The van der Waals surface area contributed by atoms with Crippen LogP contribution in [0.5, 0.6) is 0 Å². The zero-order chi connectivity index (χ0) is 13.0. The predicted octanol–water partition coefficient (Wildman–Crippen LogP) is 1.01. The summed E-state index contributed by atoms with van der Waals surface area (Å²) in [5, 5.41) is 0. The molecule has 2 rings (SSSR count). The van der Waals surface area contributed by atoms with Crippen molar-refractivity contribution in [3.8, 4) is 0 Å². The molecular weight excluding hydrogens is 230 g/mol. The molecule has 1 fully saturated rings. The van der Waals surface area contributed by atoms with E-state index in [0.29, 0.717) is 18.5 Å². The Kier molecular flexibility index (Phi) is 4.33. The minimum atomic E-state index is 0.473. The van der Waals surface area contributed by atoms with Crippen LogP contribution in [0.3, 0.4) is 0 Å². The number of nitrogen functional groups attached to an aromatic ring is 1. The van der Waals surface area contributed by atoms with Gasteiger partial charge in [0, 0.05) is 25.8 Å². The van der Waals surface area contributed by atoms with Gasteiger partial charge in [0.25, 0.3) is 0 Å². The van der Waals surface area contributed by atoms with Crippen molar-refractivity contribution in [2.24, 2.45) is 11.8 Å². The highest BCUT2D eigenvalue weighted by atomic mass is 16.5. The van der Waals surface area contributed by atoms with Gasteiger partial charge in [-0.1, -0.05) is 0 Å². The smallest absolute Gasteiger partial charge is 0.145 e. The highest BCUT2D eigenvalue weighted by Gasteiger charge is 2.32. The molecule has 0 spiro atoms. The normalized spacial score (nSPS) is 16.4. The fourth-order valence-corrected chi connectivity index (χ4v) is 2.13. The molecule has 1 aromatic rings. The van der Waals surface area contributed by atoms with Crippen molar-refractivity contribution >= 4 is 11.6 Å². The number of hydrogen-bond donors (Lipinski definition) is 2. The van der Waals surface area contributed by atoms with Crippen LogP contribution in [-0.2, 0) is 4.74 Å². The van der Waals surface area contributed by atoms with Crippen molar-refractivity contribution in [1.29, 1.82) is 0 Å². The summed E-state index contributed by atoms with van der Waals surface area (Å²) in [4.78, 5) is 10.6. The number of methoxy groups -OCH3 is 1. The number of nitrogens with one attached hydrogen (secondary N) is 1. The van der Waals surface area contributed by atoms with E-state index in [2.05, 4.69) is 27.2 Å². The number of hydrazine groups is 1. The summed E-state index contributed by atoms with van der Waals surface area (Å²) < 4.78 is 5.18. The molecule has 0 amide bonds. The Morgan fingerprint density at radius 1 is 1.56 bits per heavy atom. The summed E-state index contributed by atoms with van der Waals surface area (Å²) in [6, 6.07) is 2.34. The zero-order valence-corrected chi connectivity index (χ0v) is 11.0. The van der Waals surface area contributed by atoms with Gasteiger partial charge in [-0.2, -0.15) is 0 Å². The van der Waals surface area contributed by atoms with Crippen molar-refractivity contribution in [2.45, 2.75) is 25.8 Å². The quantitative estimate of drug-likeness (QED) is 0.556. The predicted molar refractivity (Wildman–Crippen MR) is 71.3 cm³/mol. The van der Waals surface area contributed by atoms with Crippen LogP contribution < -0.4 is 16.2 Å². The molecule has 0 bridgehead atoms. The largest absolute Gasteiger partial charge is 0.383 e. The highest BCUT2D eigenvalue weighted by molar-refractivity contribution is 5.48. The first kappa shape index (κ1) is 13.0. The van der Waals surface area contributed by atoms with Gasteiger partial charge in [-0.25, -0.2) is 15.8 Å². The van der Waals surface area contributed by atoms with E-state index in [4.69, 9.17) is 10.6 Å². The molecule has 1 aliphatic rings. The number of ether oxygens (including phenoxy) is 1. The Labute approximate surface area is 108 Å². The first-order valence-electron chi connectivity index (χ1n) is 6.30. The minimum absolute atomic E-state index is 0.473. The number of aromatic nitrogens is 2. The Balaban J connectivity index is 2.14. The third-order valence-electron chi connectivity index (χ3n) is 3.43. The number of nitrogens with two attached hydrogens (primary N) is 1. The Morgan fingerprint density at radius 2 is 2.33 bits per heavy atom. The van der Waals surface area contributed by atoms with E-state index in [0.717, 1.165) is 18.3 Å². The lowest BCUT2D eigenvalue weighted by atomic mass is 10.2. The Hall–Kier alpha value is -1.40. The first-order valence-corrected chi connectivity index (χ1v) is 6.30. The lowest BCUT2D eigenvalue weighted by molar-refractivity contribution is 0.202. The van der Waals surface area contributed by atoms with Crippen LogP contribution in [-0.4, -0.2) is 36.3 Å². The maximum Gasteiger partial charge on any atom is 0.145 e. The molecule has 6 nitrogen and oxygen atoms in total. The molecule has 3 N–H and O–H groups in total. The minimum Gasteiger partial charge on any atom is -0.383 e. The summed E-state index contributed by atoms with van der Waals surface area (Å²) in [5.74, 6) is 7.68. The molecule has 0 saturated heterocycles. The molecule has 6 heteroatoms. The van der Waals surface area contributed by atoms with Crippen LogP contribution in [0.25, 0.3) is 0 Å². The highest BCUT2D eigenvalue weighted by Crippen LogP contribution is 2.36. The van der Waals surface area contributed by atoms with Gasteiger partial charge >= 0.3 is 0 Å². The van der Waals surface area contributed by atoms with Crippen LogP contribution in [0, 0.1) is 5.92 Å². The molecule has 0 aliphatic heterocycles. The van der Waals surface area contributed by atoms with Gasteiger partial charge in [0.1, 0.15) is 18.0 Å². The van der Waals surface area contributed by atoms with Gasteiger partial charge in [-0.05, 0) is 25.7 Å². The molecule has 1 aromatic heterocycles. The van der Waals surface area contributed by atoms with Crippen LogP contribution in [0.2, 0.25) is 0 Å². The van der Waals surface area contributed by atoms with E-state index in [9.17, 15) is 0 Å². The fraction of sp³-hybridized carbons (Fsp3) is 0.667. The summed E-state index contributed by atoms with van der Waals surface area (Å²) in [6.07, 6.45) is 4.14.